The Kier molecular flexibility index (Phi) is 6.58. The van der Waals surface area contributed by atoms with Crippen LogP contribution in [0.4, 0.5) is 5.69 Å². The van der Waals surface area contributed by atoms with Gasteiger partial charge >= 0.3 is 0 Å². The van der Waals surface area contributed by atoms with Crippen molar-refractivity contribution in [2.24, 2.45) is 0 Å². The number of hydrogen-bond donors (Lipinski definition) is 2. The highest BCUT2D eigenvalue weighted by atomic mass is 32.1. The summed E-state index contributed by atoms with van der Waals surface area (Å²) in [5, 5.41) is 6.95. The maximum atomic E-state index is 12.9. The van der Waals surface area contributed by atoms with Crippen molar-refractivity contribution in [3.05, 3.63) is 91.9 Å². The van der Waals surface area contributed by atoms with E-state index in [0.29, 0.717) is 23.8 Å². The Balaban J connectivity index is 1.63. The first kappa shape index (κ1) is 22.0. The summed E-state index contributed by atoms with van der Waals surface area (Å²) in [6, 6.07) is 17.8. The molecule has 4 aromatic rings. The van der Waals surface area contributed by atoms with Crippen LogP contribution in [0.3, 0.4) is 0 Å². The van der Waals surface area contributed by atoms with Gasteiger partial charge in [-0.1, -0.05) is 12.1 Å². The van der Waals surface area contributed by atoms with E-state index in [1.165, 1.54) is 4.88 Å². The quantitative estimate of drug-likeness (QED) is 0.364. The maximum absolute atomic E-state index is 12.9. The average Bonchev–Trinajstić information content (AvgIpc) is 3.27. The maximum Gasteiger partial charge on any atom is 0.253 e. The monoisotopic (exact) mass is 463 g/mol. The van der Waals surface area contributed by atoms with Gasteiger partial charge in [-0.15, -0.1) is 11.3 Å². The minimum Gasteiger partial charge on any atom is -0.497 e. The second kappa shape index (κ2) is 9.54. The number of nitrogens with one attached hydrogen (secondary N) is 2. The predicted octanol–water partition coefficient (Wildman–Crippen LogP) is 5.61. The van der Waals surface area contributed by atoms with Crippen molar-refractivity contribution in [1.29, 1.82) is 0 Å². The molecule has 2 aromatic carbocycles. The Bertz CT molecular complexity index is 1300. The highest BCUT2D eigenvalue weighted by Gasteiger charge is 2.15. The summed E-state index contributed by atoms with van der Waals surface area (Å²) in [5.41, 5.74) is 4.58. The van der Waals surface area contributed by atoms with Gasteiger partial charge in [0.05, 0.1) is 20.2 Å². The molecule has 4 rings (SSSR count). The fraction of sp³-hybridized carbons (Fsp3) is 0.200. The van der Waals surface area contributed by atoms with E-state index in [-0.39, 0.29) is 5.56 Å². The van der Waals surface area contributed by atoms with Crippen molar-refractivity contribution >= 4 is 45.3 Å². The second-order valence-corrected chi connectivity index (χ2v) is 9.18. The molecule has 0 unspecified atom stereocenters. The number of methoxy groups -OCH3 is 1. The number of fused-ring (bicyclic) bond motifs is 1. The Morgan fingerprint density at radius 2 is 1.91 bits per heavy atom. The zero-order valence-electron chi connectivity index (χ0n) is 18.3. The van der Waals surface area contributed by atoms with Crippen LogP contribution < -0.4 is 15.6 Å². The van der Waals surface area contributed by atoms with Crippen LogP contribution in [0.15, 0.2) is 64.8 Å². The molecule has 0 bridgehead atoms. The zero-order valence-corrected chi connectivity index (χ0v) is 19.9. The number of aryl methyl sites for hydroxylation is 2. The SMILES string of the molecule is COc1ccc(NC(=S)N(Cc2cccs2)Cc2cc3c(C)cc(C)cc3[nH]c2=O)cc1. The van der Waals surface area contributed by atoms with Gasteiger partial charge in [0.25, 0.3) is 5.56 Å². The highest BCUT2D eigenvalue weighted by Crippen LogP contribution is 2.21. The lowest BCUT2D eigenvalue weighted by molar-refractivity contribution is 0.414. The van der Waals surface area contributed by atoms with E-state index in [2.05, 4.69) is 29.4 Å². The number of thiocarbonyl (C=S) groups is 1. The summed E-state index contributed by atoms with van der Waals surface area (Å²) < 4.78 is 5.23. The number of ether oxygens (including phenoxy) is 1. The van der Waals surface area contributed by atoms with E-state index in [9.17, 15) is 4.79 Å². The van der Waals surface area contributed by atoms with Gasteiger partial charge in [-0.2, -0.15) is 0 Å². The molecule has 0 saturated heterocycles. The average molecular weight is 464 g/mol. The molecule has 0 saturated carbocycles. The number of aromatic amines is 1. The van der Waals surface area contributed by atoms with Gasteiger partial charge in [0.2, 0.25) is 0 Å². The number of nitrogens with zero attached hydrogens (tertiary/aromatic N) is 1. The molecule has 5 nitrogen and oxygen atoms in total. The predicted molar refractivity (Wildman–Crippen MR) is 137 cm³/mol. The number of benzene rings is 2. The summed E-state index contributed by atoms with van der Waals surface area (Å²) >= 11 is 7.42. The summed E-state index contributed by atoms with van der Waals surface area (Å²) in [7, 11) is 1.64. The third-order valence-corrected chi connectivity index (χ3v) is 6.53. The van der Waals surface area contributed by atoms with E-state index in [4.69, 9.17) is 17.0 Å². The molecule has 2 heterocycles. The molecular formula is C25H25N3O2S2. The molecule has 0 radical (unpaired) electrons. The topological polar surface area (TPSA) is 57.4 Å². The molecule has 0 aliphatic carbocycles. The Labute approximate surface area is 196 Å². The minimum absolute atomic E-state index is 0.0917. The standard InChI is InChI=1S/C25H25N3O2S2/c1-16-11-17(2)22-13-18(24(29)27-23(22)12-16)14-28(15-21-5-4-10-32-21)25(31)26-19-6-8-20(30-3)9-7-19/h4-13H,14-15H2,1-3H3,(H,26,31)(H,27,29). The molecule has 0 aliphatic rings. The highest BCUT2D eigenvalue weighted by molar-refractivity contribution is 7.80. The molecule has 7 heteroatoms. The molecule has 0 aliphatic heterocycles. The third kappa shape index (κ3) is 5.00. The smallest absolute Gasteiger partial charge is 0.253 e. The lowest BCUT2D eigenvalue weighted by Gasteiger charge is -2.25. The summed E-state index contributed by atoms with van der Waals surface area (Å²) in [4.78, 5) is 19.1. The van der Waals surface area contributed by atoms with Crippen LogP contribution in [0.2, 0.25) is 0 Å². The van der Waals surface area contributed by atoms with Crippen molar-refractivity contribution in [1.82, 2.24) is 9.88 Å². The van der Waals surface area contributed by atoms with Gasteiger partial charge in [0.1, 0.15) is 5.75 Å². The van der Waals surface area contributed by atoms with E-state index in [0.717, 1.165) is 33.5 Å². The molecule has 2 aromatic heterocycles. The number of thiophene rings is 1. The lowest BCUT2D eigenvalue weighted by atomic mass is 10.0. The number of pyridine rings is 1. The minimum atomic E-state index is -0.0917. The second-order valence-electron chi connectivity index (χ2n) is 7.76. The Morgan fingerprint density at radius 1 is 1.12 bits per heavy atom. The van der Waals surface area contributed by atoms with Gasteiger partial charge in [-0.25, -0.2) is 0 Å². The summed E-state index contributed by atoms with van der Waals surface area (Å²) in [5.74, 6) is 0.783. The molecule has 0 spiro atoms. The van der Waals surface area contributed by atoms with Gasteiger partial charge in [-0.3, -0.25) is 4.79 Å². The van der Waals surface area contributed by atoms with Crippen LogP contribution >= 0.6 is 23.6 Å². The zero-order chi connectivity index (χ0) is 22.7. The van der Waals surface area contributed by atoms with Crippen LogP contribution in [0, 0.1) is 13.8 Å². The van der Waals surface area contributed by atoms with E-state index < -0.39 is 0 Å². The molecule has 164 valence electrons. The first-order valence-electron chi connectivity index (χ1n) is 10.3. The summed E-state index contributed by atoms with van der Waals surface area (Å²) in [6.07, 6.45) is 0. The number of hydrogen-bond acceptors (Lipinski definition) is 4. The molecule has 0 amide bonds. The first-order chi connectivity index (χ1) is 15.4. The van der Waals surface area contributed by atoms with Crippen LogP contribution in [0.25, 0.3) is 10.9 Å². The fourth-order valence-corrected chi connectivity index (χ4v) is 4.67. The summed E-state index contributed by atoms with van der Waals surface area (Å²) in [6.45, 7) is 5.11. The lowest BCUT2D eigenvalue weighted by Crippen LogP contribution is -2.35. The molecule has 0 atom stereocenters. The van der Waals surface area contributed by atoms with Crippen LogP contribution in [-0.2, 0) is 13.1 Å². The Hall–Kier alpha value is -3.16. The van der Waals surface area contributed by atoms with Crippen LogP contribution in [0.5, 0.6) is 5.75 Å². The van der Waals surface area contributed by atoms with Crippen molar-refractivity contribution in [2.45, 2.75) is 26.9 Å². The Morgan fingerprint density at radius 3 is 2.59 bits per heavy atom. The van der Waals surface area contributed by atoms with Crippen molar-refractivity contribution < 1.29 is 4.74 Å². The molecule has 0 fully saturated rings. The first-order valence-corrected chi connectivity index (χ1v) is 11.6. The normalized spacial score (nSPS) is 10.8. The van der Waals surface area contributed by atoms with Crippen molar-refractivity contribution in [3.8, 4) is 5.75 Å². The van der Waals surface area contributed by atoms with Gasteiger partial charge in [-0.05, 0) is 85.0 Å². The number of rotatable bonds is 6. The number of H-pyrrole nitrogens is 1. The van der Waals surface area contributed by atoms with E-state index in [1.54, 1.807) is 18.4 Å². The molecular weight excluding hydrogens is 438 g/mol. The van der Waals surface area contributed by atoms with Crippen LogP contribution in [0.1, 0.15) is 21.6 Å². The van der Waals surface area contributed by atoms with Crippen molar-refractivity contribution in [2.75, 3.05) is 12.4 Å². The van der Waals surface area contributed by atoms with Gasteiger partial charge in [0, 0.05) is 27.0 Å². The fourth-order valence-electron chi connectivity index (χ4n) is 3.71. The van der Waals surface area contributed by atoms with Crippen molar-refractivity contribution in [3.63, 3.8) is 0 Å². The van der Waals surface area contributed by atoms with E-state index in [1.807, 2.05) is 59.7 Å². The van der Waals surface area contributed by atoms with E-state index >= 15 is 0 Å². The van der Waals surface area contributed by atoms with Gasteiger partial charge < -0.3 is 19.9 Å². The molecule has 32 heavy (non-hydrogen) atoms. The number of anilines is 1. The number of aromatic nitrogens is 1. The largest absolute Gasteiger partial charge is 0.497 e. The molecule has 2 N–H and O–H groups in total. The third-order valence-electron chi connectivity index (χ3n) is 5.31. The van der Waals surface area contributed by atoms with Gasteiger partial charge in [0.15, 0.2) is 5.11 Å². The van der Waals surface area contributed by atoms with Crippen LogP contribution in [-0.4, -0.2) is 22.1 Å².